The van der Waals surface area contributed by atoms with Crippen molar-refractivity contribution >= 4 is 11.9 Å². The minimum Gasteiger partial charge on any atom is -0.248 e. The Labute approximate surface area is 78.1 Å². The Morgan fingerprint density at radius 2 is 1.77 bits per heavy atom. The Bertz CT molecular complexity index is 196. The zero-order valence-corrected chi connectivity index (χ0v) is 8.55. The van der Waals surface area contributed by atoms with E-state index in [4.69, 9.17) is 0 Å². The van der Waals surface area contributed by atoms with Crippen molar-refractivity contribution in [3.05, 3.63) is 0 Å². The molecule has 0 fully saturated rings. The van der Waals surface area contributed by atoms with E-state index < -0.39 is 17.4 Å². The lowest BCUT2D eigenvalue weighted by Crippen LogP contribution is -2.27. The Balaban J connectivity index is 4.01. The smallest absolute Gasteiger partial charge is 0.248 e. The molecule has 0 aromatic heterocycles. The molecule has 0 amide bonds. The fourth-order valence-corrected chi connectivity index (χ4v) is 0.936. The van der Waals surface area contributed by atoms with E-state index in [2.05, 4.69) is 9.78 Å². The second kappa shape index (κ2) is 4.84. The second-order valence-electron chi connectivity index (χ2n) is 3.58. The molecule has 0 aromatic carbocycles. The quantitative estimate of drug-likeness (QED) is 0.501. The molecule has 0 aliphatic carbocycles. The van der Waals surface area contributed by atoms with E-state index in [1.165, 1.54) is 6.92 Å². The van der Waals surface area contributed by atoms with Crippen LogP contribution in [0.5, 0.6) is 0 Å². The summed E-state index contributed by atoms with van der Waals surface area (Å²) in [5.41, 5.74) is -0.593. The van der Waals surface area contributed by atoms with Gasteiger partial charge in [-0.15, -0.1) is 0 Å². The first kappa shape index (κ1) is 11.9. The summed E-state index contributed by atoms with van der Waals surface area (Å²) in [5.74, 6) is -1.13. The number of carbonyl (C=O) groups excluding carboxylic acids is 2. The van der Waals surface area contributed by atoms with Crippen molar-refractivity contribution < 1.29 is 19.4 Å². The molecule has 0 unspecified atom stereocenters. The fourth-order valence-electron chi connectivity index (χ4n) is 0.936. The summed E-state index contributed by atoms with van der Waals surface area (Å²) in [6.45, 7) is 6.66. The second-order valence-corrected chi connectivity index (χ2v) is 3.58. The van der Waals surface area contributed by atoms with Gasteiger partial charge in [-0.2, -0.15) is 0 Å². The van der Waals surface area contributed by atoms with Gasteiger partial charge in [0, 0.05) is 6.92 Å². The summed E-state index contributed by atoms with van der Waals surface area (Å²) in [4.78, 5) is 30.1. The van der Waals surface area contributed by atoms with Crippen LogP contribution in [0.1, 0.15) is 40.5 Å². The lowest BCUT2D eigenvalue weighted by Gasteiger charge is -2.19. The number of carbonyl (C=O) groups is 2. The summed E-state index contributed by atoms with van der Waals surface area (Å²) in [5, 5.41) is 0. The first-order valence-corrected chi connectivity index (χ1v) is 4.29. The first-order chi connectivity index (χ1) is 5.90. The highest BCUT2D eigenvalue weighted by molar-refractivity contribution is 5.76. The van der Waals surface area contributed by atoms with Crippen molar-refractivity contribution in [1.82, 2.24) is 0 Å². The van der Waals surface area contributed by atoms with E-state index in [0.717, 1.165) is 6.42 Å². The van der Waals surface area contributed by atoms with Crippen LogP contribution in [-0.4, -0.2) is 11.9 Å². The van der Waals surface area contributed by atoms with Crippen LogP contribution >= 0.6 is 0 Å². The van der Waals surface area contributed by atoms with Crippen molar-refractivity contribution in [3.8, 4) is 0 Å². The number of hydrogen-bond donors (Lipinski definition) is 0. The predicted octanol–water partition coefficient (Wildman–Crippen LogP) is 1.83. The highest BCUT2D eigenvalue weighted by Crippen LogP contribution is 2.23. The molecule has 0 aromatic rings. The molecule has 0 saturated carbocycles. The Hall–Kier alpha value is -1.06. The maximum absolute atomic E-state index is 11.3. The monoisotopic (exact) mass is 188 g/mol. The van der Waals surface area contributed by atoms with Crippen LogP contribution in [0.15, 0.2) is 0 Å². The van der Waals surface area contributed by atoms with Crippen LogP contribution < -0.4 is 0 Å². The van der Waals surface area contributed by atoms with Crippen molar-refractivity contribution in [3.63, 3.8) is 0 Å². The van der Waals surface area contributed by atoms with Gasteiger partial charge in [-0.3, -0.25) is 0 Å². The molecule has 76 valence electrons. The highest BCUT2D eigenvalue weighted by Gasteiger charge is 2.30. The largest absolute Gasteiger partial charge is 0.361 e. The summed E-state index contributed by atoms with van der Waals surface area (Å²) >= 11 is 0. The van der Waals surface area contributed by atoms with Gasteiger partial charge in [0.1, 0.15) is 0 Å². The van der Waals surface area contributed by atoms with Crippen molar-refractivity contribution in [2.24, 2.45) is 5.41 Å². The Kier molecular flexibility index (Phi) is 4.45. The minimum absolute atomic E-state index is 0.510. The van der Waals surface area contributed by atoms with Gasteiger partial charge in [-0.1, -0.05) is 13.3 Å². The zero-order chi connectivity index (χ0) is 10.5. The lowest BCUT2D eigenvalue weighted by molar-refractivity contribution is -0.264. The molecule has 0 heterocycles. The van der Waals surface area contributed by atoms with Gasteiger partial charge in [0.2, 0.25) is 0 Å². The molecule has 0 saturated heterocycles. The van der Waals surface area contributed by atoms with E-state index in [1.807, 2.05) is 6.92 Å². The topological polar surface area (TPSA) is 52.6 Å². The lowest BCUT2D eigenvalue weighted by atomic mass is 9.88. The Morgan fingerprint density at radius 1 is 1.23 bits per heavy atom. The van der Waals surface area contributed by atoms with E-state index in [-0.39, 0.29) is 0 Å². The van der Waals surface area contributed by atoms with Crippen LogP contribution in [0.4, 0.5) is 0 Å². The average molecular weight is 188 g/mol. The van der Waals surface area contributed by atoms with E-state index in [0.29, 0.717) is 6.42 Å². The fraction of sp³-hybridized carbons (Fsp3) is 0.778. The molecule has 4 nitrogen and oxygen atoms in total. The van der Waals surface area contributed by atoms with Crippen molar-refractivity contribution in [1.29, 1.82) is 0 Å². The molecule has 0 aliphatic heterocycles. The maximum Gasteiger partial charge on any atom is 0.361 e. The molecule has 0 aliphatic rings. The van der Waals surface area contributed by atoms with Crippen LogP contribution in [0.25, 0.3) is 0 Å². The first-order valence-electron chi connectivity index (χ1n) is 4.29. The van der Waals surface area contributed by atoms with E-state index >= 15 is 0 Å². The molecule has 0 radical (unpaired) electrons. The maximum atomic E-state index is 11.3. The van der Waals surface area contributed by atoms with Gasteiger partial charge >= 0.3 is 11.9 Å². The summed E-state index contributed by atoms with van der Waals surface area (Å²) < 4.78 is 0. The van der Waals surface area contributed by atoms with Gasteiger partial charge in [0.15, 0.2) is 0 Å². The van der Waals surface area contributed by atoms with Gasteiger partial charge in [0.25, 0.3) is 0 Å². The van der Waals surface area contributed by atoms with Crippen molar-refractivity contribution in [2.75, 3.05) is 0 Å². The van der Waals surface area contributed by atoms with Gasteiger partial charge in [0.05, 0.1) is 5.41 Å². The SMILES string of the molecule is CCCC(C)(C)C(=O)OOC(C)=O. The molecule has 0 N–H and O–H groups in total. The molecule has 0 spiro atoms. The zero-order valence-electron chi connectivity index (χ0n) is 8.55. The number of hydrogen-bond acceptors (Lipinski definition) is 4. The average Bonchev–Trinajstić information content (AvgIpc) is 1.99. The summed E-state index contributed by atoms with van der Waals surface area (Å²) in [6, 6.07) is 0. The number of rotatable bonds is 3. The third kappa shape index (κ3) is 4.50. The van der Waals surface area contributed by atoms with E-state index in [9.17, 15) is 9.59 Å². The molecule has 0 rings (SSSR count). The van der Waals surface area contributed by atoms with Crippen molar-refractivity contribution in [2.45, 2.75) is 40.5 Å². The third-order valence-electron chi connectivity index (χ3n) is 1.66. The summed E-state index contributed by atoms with van der Waals surface area (Å²) in [6.07, 6.45) is 1.58. The molecule has 0 bridgehead atoms. The van der Waals surface area contributed by atoms with Crippen LogP contribution in [0.2, 0.25) is 0 Å². The predicted molar refractivity (Wildman–Crippen MR) is 46.5 cm³/mol. The minimum atomic E-state index is -0.624. The molecular weight excluding hydrogens is 172 g/mol. The van der Waals surface area contributed by atoms with Gasteiger partial charge < -0.3 is 0 Å². The highest BCUT2D eigenvalue weighted by atomic mass is 17.2. The molecule has 4 heteroatoms. The summed E-state index contributed by atoms with van der Waals surface area (Å²) in [7, 11) is 0. The van der Waals surface area contributed by atoms with Crippen LogP contribution in [0.3, 0.4) is 0 Å². The third-order valence-corrected chi connectivity index (χ3v) is 1.66. The van der Waals surface area contributed by atoms with E-state index in [1.54, 1.807) is 13.8 Å². The standard InChI is InChI=1S/C9H16O4/c1-5-6-9(3,4)8(11)13-12-7(2)10/h5-6H2,1-4H3. The molecule has 13 heavy (non-hydrogen) atoms. The van der Waals surface area contributed by atoms with Crippen LogP contribution in [-0.2, 0) is 19.4 Å². The van der Waals surface area contributed by atoms with Gasteiger partial charge in [-0.25, -0.2) is 19.4 Å². The van der Waals surface area contributed by atoms with Gasteiger partial charge in [-0.05, 0) is 20.3 Å². The van der Waals surface area contributed by atoms with Crippen LogP contribution in [0, 0.1) is 5.41 Å². The molecular formula is C9H16O4. The normalized spacial score (nSPS) is 10.8. The molecule has 0 atom stereocenters. The Morgan fingerprint density at radius 3 is 2.15 bits per heavy atom.